The zero-order valence-electron chi connectivity index (χ0n) is 15.5. The molecule has 2 N–H and O–H groups in total. The monoisotopic (exact) mass is 359 g/mol. The molecule has 142 valence electrons. The van der Waals surface area contributed by atoms with Crippen LogP contribution < -0.4 is 20.3 Å². The van der Waals surface area contributed by atoms with E-state index in [1.54, 1.807) is 6.20 Å². The van der Waals surface area contributed by atoms with Gasteiger partial charge in [0.25, 0.3) is 0 Å². The van der Waals surface area contributed by atoms with Crippen molar-refractivity contribution in [3.63, 3.8) is 0 Å². The second kappa shape index (κ2) is 7.29. The van der Waals surface area contributed by atoms with Crippen molar-refractivity contribution in [3.05, 3.63) is 12.3 Å². The van der Waals surface area contributed by atoms with Gasteiger partial charge in [0.05, 0.1) is 5.54 Å². The van der Waals surface area contributed by atoms with Crippen molar-refractivity contribution in [2.75, 3.05) is 24.5 Å². The van der Waals surface area contributed by atoms with Crippen LogP contribution in [0, 0.1) is 5.92 Å². The second-order valence-corrected chi connectivity index (χ2v) is 8.12. The van der Waals surface area contributed by atoms with Crippen LogP contribution >= 0.6 is 0 Å². The van der Waals surface area contributed by atoms with Crippen LogP contribution in [0.25, 0.3) is 0 Å². The first-order valence-electron chi connectivity index (χ1n) is 9.93. The number of anilines is 1. The fourth-order valence-corrected chi connectivity index (χ4v) is 4.34. The van der Waals surface area contributed by atoms with Crippen LogP contribution in [-0.4, -0.2) is 47.3 Å². The van der Waals surface area contributed by atoms with E-state index in [4.69, 9.17) is 4.74 Å². The predicted octanol–water partition coefficient (Wildman–Crippen LogP) is 2.48. The minimum atomic E-state index is -0.112. The van der Waals surface area contributed by atoms with Gasteiger partial charge in [-0.25, -0.2) is 9.78 Å². The number of nitrogens with zero attached hydrogens (tertiary/aromatic N) is 3. The van der Waals surface area contributed by atoms with Crippen molar-refractivity contribution in [2.45, 2.75) is 63.5 Å². The Kier molecular flexibility index (Phi) is 4.87. The van der Waals surface area contributed by atoms with Gasteiger partial charge in [0, 0.05) is 31.9 Å². The van der Waals surface area contributed by atoms with E-state index in [1.807, 2.05) is 6.07 Å². The molecule has 1 aromatic rings. The Morgan fingerprint density at radius 2 is 2.08 bits per heavy atom. The molecule has 4 rings (SSSR count). The molecule has 0 radical (unpaired) electrons. The molecule has 7 heteroatoms. The highest BCUT2D eigenvalue weighted by Crippen LogP contribution is 2.28. The van der Waals surface area contributed by atoms with Crippen molar-refractivity contribution >= 4 is 12.0 Å². The smallest absolute Gasteiger partial charge is 0.315 e. The SMILES string of the molecule is CC1CCC(Oc2ccnc(N3CCCC4(CC3)CNC(=O)N4)n2)CC1. The van der Waals surface area contributed by atoms with E-state index in [0.717, 1.165) is 57.1 Å². The van der Waals surface area contributed by atoms with Crippen LogP contribution in [-0.2, 0) is 0 Å². The minimum absolute atomic E-state index is 0.0492. The number of carbonyl (C=O) groups is 1. The molecule has 2 amide bonds. The van der Waals surface area contributed by atoms with Gasteiger partial charge in [-0.05, 0) is 50.9 Å². The van der Waals surface area contributed by atoms with Crippen molar-refractivity contribution in [3.8, 4) is 5.88 Å². The molecule has 1 aromatic heterocycles. The number of urea groups is 1. The molecule has 2 saturated heterocycles. The Bertz CT molecular complexity index is 647. The van der Waals surface area contributed by atoms with E-state index < -0.39 is 0 Å². The lowest BCUT2D eigenvalue weighted by molar-refractivity contribution is 0.130. The highest BCUT2D eigenvalue weighted by Gasteiger charge is 2.39. The molecule has 1 saturated carbocycles. The van der Waals surface area contributed by atoms with Crippen LogP contribution in [0.1, 0.15) is 51.9 Å². The third-order valence-electron chi connectivity index (χ3n) is 6.06. The molecule has 7 nitrogen and oxygen atoms in total. The molecular weight excluding hydrogens is 330 g/mol. The molecule has 1 unspecified atom stereocenters. The van der Waals surface area contributed by atoms with Crippen LogP contribution in [0.15, 0.2) is 12.3 Å². The average molecular weight is 359 g/mol. The summed E-state index contributed by atoms with van der Waals surface area (Å²) in [6.45, 7) is 4.77. The van der Waals surface area contributed by atoms with Gasteiger partial charge in [-0.15, -0.1) is 0 Å². The fraction of sp³-hybridized carbons (Fsp3) is 0.737. The summed E-state index contributed by atoms with van der Waals surface area (Å²) >= 11 is 0. The maximum absolute atomic E-state index is 11.6. The lowest BCUT2D eigenvalue weighted by atomic mass is 9.89. The summed E-state index contributed by atoms with van der Waals surface area (Å²) in [4.78, 5) is 22.9. The third kappa shape index (κ3) is 3.86. The third-order valence-corrected chi connectivity index (χ3v) is 6.06. The molecule has 1 spiro atoms. The largest absolute Gasteiger partial charge is 0.474 e. The summed E-state index contributed by atoms with van der Waals surface area (Å²) in [6.07, 6.45) is 9.66. The van der Waals surface area contributed by atoms with E-state index in [2.05, 4.69) is 32.4 Å². The Morgan fingerprint density at radius 1 is 1.23 bits per heavy atom. The zero-order chi connectivity index (χ0) is 18.0. The first kappa shape index (κ1) is 17.4. The van der Waals surface area contributed by atoms with Gasteiger partial charge in [0.1, 0.15) is 6.10 Å². The normalized spacial score (nSPS) is 32.0. The number of hydrogen-bond acceptors (Lipinski definition) is 5. The van der Waals surface area contributed by atoms with Crippen molar-refractivity contribution in [2.24, 2.45) is 5.92 Å². The van der Waals surface area contributed by atoms with Crippen molar-refractivity contribution < 1.29 is 9.53 Å². The Balaban J connectivity index is 1.39. The Hall–Kier alpha value is -2.05. The van der Waals surface area contributed by atoms with Gasteiger partial charge in [-0.1, -0.05) is 6.92 Å². The van der Waals surface area contributed by atoms with E-state index in [1.165, 1.54) is 12.8 Å². The number of carbonyl (C=O) groups excluding carboxylic acids is 1. The second-order valence-electron chi connectivity index (χ2n) is 8.12. The van der Waals surface area contributed by atoms with Crippen LogP contribution in [0.2, 0.25) is 0 Å². The fourth-order valence-electron chi connectivity index (χ4n) is 4.34. The van der Waals surface area contributed by atoms with E-state index in [-0.39, 0.29) is 17.7 Å². The number of rotatable bonds is 3. The topological polar surface area (TPSA) is 79.4 Å². The molecule has 26 heavy (non-hydrogen) atoms. The van der Waals surface area contributed by atoms with Crippen LogP contribution in [0.5, 0.6) is 5.88 Å². The molecule has 2 aliphatic heterocycles. The zero-order valence-corrected chi connectivity index (χ0v) is 15.5. The Morgan fingerprint density at radius 3 is 2.85 bits per heavy atom. The molecule has 0 bridgehead atoms. The van der Waals surface area contributed by atoms with Crippen molar-refractivity contribution in [1.29, 1.82) is 0 Å². The standard InChI is InChI=1S/C19H29N5O2/c1-14-3-5-15(6-4-14)26-16-7-10-20-17(22-16)24-11-2-8-19(9-12-24)13-21-18(25)23-19/h7,10,14-15H,2-6,8-9,11-13H2,1H3,(H2,21,23,25). The minimum Gasteiger partial charge on any atom is -0.474 e. The lowest BCUT2D eigenvalue weighted by Gasteiger charge is -2.27. The summed E-state index contributed by atoms with van der Waals surface area (Å²) in [5.74, 6) is 2.23. The van der Waals surface area contributed by atoms with Gasteiger partial charge in [-0.3, -0.25) is 0 Å². The quantitative estimate of drug-likeness (QED) is 0.867. The van der Waals surface area contributed by atoms with Gasteiger partial charge in [-0.2, -0.15) is 4.98 Å². The maximum Gasteiger partial charge on any atom is 0.315 e. The highest BCUT2D eigenvalue weighted by atomic mass is 16.5. The molecule has 3 heterocycles. The summed E-state index contributed by atoms with van der Waals surface area (Å²) in [7, 11) is 0. The van der Waals surface area contributed by atoms with Gasteiger partial charge in [0.15, 0.2) is 0 Å². The van der Waals surface area contributed by atoms with Gasteiger partial charge < -0.3 is 20.3 Å². The van der Waals surface area contributed by atoms with Crippen LogP contribution in [0.3, 0.4) is 0 Å². The Labute approximate surface area is 154 Å². The number of amides is 2. The molecule has 3 fully saturated rings. The summed E-state index contributed by atoms with van der Waals surface area (Å²) in [6, 6.07) is 1.81. The number of ether oxygens (including phenoxy) is 1. The van der Waals surface area contributed by atoms with Crippen molar-refractivity contribution in [1.82, 2.24) is 20.6 Å². The first-order valence-corrected chi connectivity index (χ1v) is 9.93. The van der Waals surface area contributed by atoms with Gasteiger partial charge >= 0.3 is 6.03 Å². The average Bonchev–Trinajstić information content (AvgIpc) is 2.88. The summed E-state index contributed by atoms with van der Waals surface area (Å²) in [5, 5.41) is 6.01. The first-order chi connectivity index (χ1) is 12.6. The highest BCUT2D eigenvalue weighted by molar-refractivity contribution is 5.77. The molecule has 3 aliphatic rings. The number of nitrogens with one attached hydrogen (secondary N) is 2. The molecule has 1 atom stereocenters. The number of hydrogen-bond donors (Lipinski definition) is 2. The van der Waals surface area contributed by atoms with Crippen LogP contribution in [0.4, 0.5) is 10.7 Å². The number of aromatic nitrogens is 2. The summed E-state index contributed by atoms with van der Waals surface area (Å²) in [5.41, 5.74) is -0.112. The van der Waals surface area contributed by atoms with E-state index >= 15 is 0 Å². The maximum atomic E-state index is 11.6. The van der Waals surface area contributed by atoms with E-state index in [0.29, 0.717) is 12.4 Å². The van der Waals surface area contributed by atoms with E-state index in [9.17, 15) is 4.79 Å². The summed E-state index contributed by atoms with van der Waals surface area (Å²) < 4.78 is 6.13. The van der Waals surface area contributed by atoms with Gasteiger partial charge in [0.2, 0.25) is 11.8 Å². The lowest BCUT2D eigenvalue weighted by Crippen LogP contribution is -2.44. The predicted molar refractivity (Wildman–Crippen MR) is 99.4 cm³/mol. The molecule has 0 aromatic carbocycles. The molecular formula is C19H29N5O2. The molecule has 1 aliphatic carbocycles.